The molecule has 2 aromatic heterocycles. The van der Waals surface area contributed by atoms with Gasteiger partial charge < -0.3 is 0 Å². The van der Waals surface area contributed by atoms with Crippen molar-refractivity contribution >= 4 is 0 Å². The summed E-state index contributed by atoms with van der Waals surface area (Å²) in [4.78, 5) is 0. The summed E-state index contributed by atoms with van der Waals surface area (Å²) in [6, 6.07) is 25.9. The predicted molar refractivity (Wildman–Crippen MR) is 114 cm³/mol. The van der Waals surface area contributed by atoms with E-state index in [0.29, 0.717) is 5.92 Å². The second kappa shape index (κ2) is 7.77. The van der Waals surface area contributed by atoms with Gasteiger partial charge in [-0.15, -0.1) is 0 Å². The molecule has 0 fully saturated rings. The molecule has 0 aliphatic carbocycles. The van der Waals surface area contributed by atoms with E-state index in [1.54, 1.807) is 0 Å². The van der Waals surface area contributed by atoms with Gasteiger partial charge in [0.05, 0.1) is 0 Å². The Bertz CT molecular complexity index is 1080. The molecule has 28 heavy (non-hydrogen) atoms. The zero-order valence-electron chi connectivity index (χ0n) is 16.7. The van der Waals surface area contributed by atoms with E-state index in [1.165, 1.54) is 33.6 Å². The van der Waals surface area contributed by atoms with E-state index in [0.717, 1.165) is 0 Å². The van der Waals surface area contributed by atoms with Crippen LogP contribution in [-0.2, 0) is 0 Å². The standard InChI is InChI=1S/C26H26N2/c1-20(2)25-9-4-5-10-26(25)28-17-13-23(14-18-28)22-11-15-27(16-12-22)24-8-6-7-21(3)19-24/h4-20H,1-3H3/q+2. The summed E-state index contributed by atoms with van der Waals surface area (Å²) in [5, 5.41) is 0. The predicted octanol–water partition coefficient (Wildman–Crippen LogP) is 5.34. The number of hydrogen-bond acceptors (Lipinski definition) is 0. The maximum atomic E-state index is 2.24. The SMILES string of the molecule is Cc1cccc(-[n+]2ccc(-c3cc[n+](-c4ccccc4C(C)C)cc3)cc2)c1. The molecule has 4 aromatic rings. The van der Waals surface area contributed by atoms with Crippen molar-refractivity contribution in [3.05, 3.63) is 109 Å². The number of benzene rings is 2. The second-order valence-corrected chi connectivity index (χ2v) is 7.54. The average Bonchev–Trinajstić information content (AvgIpc) is 2.74. The summed E-state index contributed by atoms with van der Waals surface area (Å²) in [5.41, 5.74) is 7.49. The molecular weight excluding hydrogens is 340 g/mol. The van der Waals surface area contributed by atoms with Gasteiger partial charge in [0.2, 0.25) is 11.4 Å². The molecular formula is C26H26N2+2. The molecule has 0 atom stereocenters. The van der Waals surface area contributed by atoms with Crippen LogP contribution >= 0.6 is 0 Å². The molecule has 0 aliphatic rings. The van der Waals surface area contributed by atoms with E-state index in [1.807, 2.05) is 0 Å². The highest BCUT2D eigenvalue weighted by atomic mass is 14.9. The van der Waals surface area contributed by atoms with E-state index in [4.69, 9.17) is 0 Å². The molecule has 0 aliphatic heterocycles. The minimum absolute atomic E-state index is 0.495. The molecule has 2 aromatic carbocycles. The van der Waals surface area contributed by atoms with Crippen molar-refractivity contribution in [2.75, 3.05) is 0 Å². The Morgan fingerprint density at radius 2 is 1.25 bits per heavy atom. The quantitative estimate of drug-likeness (QED) is 0.431. The van der Waals surface area contributed by atoms with Crippen LogP contribution in [0.25, 0.3) is 22.5 Å². The number of rotatable bonds is 4. The lowest BCUT2D eigenvalue weighted by Gasteiger charge is -2.08. The lowest BCUT2D eigenvalue weighted by Crippen LogP contribution is -2.31. The Balaban J connectivity index is 1.61. The molecule has 0 unspecified atom stereocenters. The smallest absolute Gasteiger partial charge is 0.167 e. The van der Waals surface area contributed by atoms with Crippen LogP contribution in [0.15, 0.2) is 97.6 Å². The van der Waals surface area contributed by atoms with Gasteiger partial charge >= 0.3 is 0 Å². The number of aromatic nitrogens is 2. The largest absolute Gasteiger partial charge is 0.214 e. The van der Waals surface area contributed by atoms with E-state index in [-0.39, 0.29) is 0 Å². The minimum atomic E-state index is 0.495. The summed E-state index contributed by atoms with van der Waals surface area (Å²) in [6.45, 7) is 6.59. The lowest BCUT2D eigenvalue weighted by molar-refractivity contribution is -0.596. The Morgan fingerprint density at radius 1 is 0.643 bits per heavy atom. The van der Waals surface area contributed by atoms with Crippen molar-refractivity contribution in [3.63, 3.8) is 0 Å². The van der Waals surface area contributed by atoms with Gasteiger partial charge in [-0.05, 0) is 29.5 Å². The van der Waals surface area contributed by atoms with E-state index < -0.39 is 0 Å². The molecule has 0 spiro atoms. The fourth-order valence-corrected chi connectivity index (χ4v) is 3.57. The Kier molecular flexibility index (Phi) is 5.03. The van der Waals surface area contributed by atoms with Crippen LogP contribution < -0.4 is 9.13 Å². The molecule has 2 heteroatoms. The van der Waals surface area contributed by atoms with Gasteiger partial charge in [0.1, 0.15) is 0 Å². The van der Waals surface area contributed by atoms with Crippen LogP contribution in [0, 0.1) is 6.92 Å². The summed E-state index contributed by atoms with van der Waals surface area (Å²) in [7, 11) is 0. The third-order valence-corrected chi connectivity index (χ3v) is 5.13. The van der Waals surface area contributed by atoms with Gasteiger partial charge in [-0.2, -0.15) is 9.13 Å². The maximum absolute atomic E-state index is 2.24. The fourth-order valence-electron chi connectivity index (χ4n) is 3.57. The van der Waals surface area contributed by atoms with E-state index in [9.17, 15) is 0 Å². The van der Waals surface area contributed by atoms with Gasteiger partial charge in [-0.25, -0.2) is 0 Å². The molecule has 0 saturated carbocycles. The molecule has 0 radical (unpaired) electrons. The van der Waals surface area contributed by atoms with Crippen molar-refractivity contribution < 1.29 is 9.13 Å². The summed E-state index contributed by atoms with van der Waals surface area (Å²) >= 11 is 0. The number of hydrogen-bond donors (Lipinski definition) is 0. The van der Waals surface area contributed by atoms with Crippen LogP contribution in [0.1, 0.15) is 30.9 Å². The topological polar surface area (TPSA) is 7.76 Å². The lowest BCUT2D eigenvalue weighted by atomic mass is 10.0. The Hall–Kier alpha value is -3.26. The minimum Gasteiger partial charge on any atom is -0.167 e. The summed E-state index contributed by atoms with van der Waals surface area (Å²) < 4.78 is 4.35. The third kappa shape index (κ3) is 3.72. The van der Waals surface area contributed by atoms with Crippen LogP contribution in [-0.4, -0.2) is 0 Å². The maximum Gasteiger partial charge on any atom is 0.214 e. The van der Waals surface area contributed by atoms with Gasteiger partial charge in [0, 0.05) is 48.0 Å². The van der Waals surface area contributed by atoms with Crippen LogP contribution in [0.3, 0.4) is 0 Å². The first kappa shape index (κ1) is 18.1. The fraction of sp³-hybridized carbons (Fsp3) is 0.154. The zero-order valence-corrected chi connectivity index (χ0v) is 16.7. The molecule has 2 heterocycles. The Labute approximate surface area is 167 Å². The van der Waals surface area contributed by atoms with Crippen molar-refractivity contribution in [3.8, 4) is 22.5 Å². The summed E-state index contributed by atoms with van der Waals surface area (Å²) in [5.74, 6) is 0.495. The molecule has 138 valence electrons. The molecule has 4 rings (SSSR count). The Morgan fingerprint density at radius 3 is 1.86 bits per heavy atom. The number of para-hydroxylation sites is 1. The van der Waals surface area contributed by atoms with Crippen LogP contribution in [0.4, 0.5) is 0 Å². The molecule has 0 bridgehead atoms. The number of nitrogens with zero attached hydrogens (tertiary/aromatic N) is 2. The van der Waals surface area contributed by atoms with Gasteiger partial charge in [-0.1, -0.05) is 44.2 Å². The van der Waals surface area contributed by atoms with Crippen LogP contribution in [0.5, 0.6) is 0 Å². The van der Waals surface area contributed by atoms with Gasteiger partial charge in [0.25, 0.3) is 0 Å². The number of aryl methyl sites for hydroxylation is 1. The average molecular weight is 367 g/mol. The molecule has 0 amide bonds. The van der Waals surface area contributed by atoms with Crippen LogP contribution in [0.2, 0.25) is 0 Å². The molecule has 0 saturated heterocycles. The van der Waals surface area contributed by atoms with Gasteiger partial charge in [-0.3, -0.25) is 0 Å². The highest BCUT2D eigenvalue weighted by Gasteiger charge is 2.15. The van der Waals surface area contributed by atoms with Crippen molar-refractivity contribution in [1.82, 2.24) is 0 Å². The first-order valence-electron chi connectivity index (χ1n) is 9.81. The van der Waals surface area contributed by atoms with Crippen molar-refractivity contribution in [1.29, 1.82) is 0 Å². The molecule has 2 nitrogen and oxygen atoms in total. The van der Waals surface area contributed by atoms with Crippen molar-refractivity contribution in [2.24, 2.45) is 0 Å². The number of pyridine rings is 2. The zero-order chi connectivity index (χ0) is 19.5. The second-order valence-electron chi connectivity index (χ2n) is 7.54. The summed E-state index contributed by atoms with van der Waals surface area (Å²) in [6.07, 6.45) is 8.55. The highest BCUT2D eigenvalue weighted by molar-refractivity contribution is 5.61. The van der Waals surface area contributed by atoms with Crippen molar-refractivity contribution in [2.45, 2.75) is 26.7 Å². The normalized spacial score (nSPS) is 11.0. The molecule has 0 N–H and O–H groups in total. The first-order chi connectivity index (χ1) is 13.6. The first-order valence-corrected chi connectivity index (χ1v) is 9.81. The highest BCUT2D eigenvalue weighted by Crippen LogP contribution is 2.20. The van der Waals surface area contributed by atoms with Gasteiger partial charge in [0.15, 0.2) is 24.8 Å². The van der Waals surface area contributed by atoms with E-state index in [2.05, 4.69) is 127 Å². The third-order valence-electron chi connectivity index (χ3n) is 5.13. The monoisotopic (exact) mass is 366 g/mol. The van der Waals surface area contributed by atoms with E-state index >= 15 is 0 Å².